The molecule has 624 valence electrons. The maximum absolute atomic E-state index is 13.2. The van der Waals surface area contributed by atoms with Gasteiger partial charge < -0.3 is 87.6 Å². The number of allylic oxidation sites excluding steroid dienone is 6. The monoisotopic (exact) mass is 1670 g/mol. The maximum Gasteiger partial charge on any atom is 0.313 e. The van der Waals surface area contributed by atoms with Crippen LogP contribution in [-0.2, 0) is 67.2 Å². The standard InChI is InChI=1S/C32H40N8O6S.C29H36N8O4S.C12H15N5O5S.C3H4O2/c1-17-10-19(3)39-16-40-20(4)11-18(2)27(40)21(26(17)39)6-5-8-34-23(41)13-47(9-7-24(42)43)12-22-28(44)29(45)32(46-22)38-15-37-25-30(33)35-14-36-31(25)38;1-15-8-17(3)36-14-37-18(4)9-16(2)24(37)19(23(15)36)6-5-7-31-21(38)11-42-10-20-25(39)26(40)29(41-20)35-13-34-22-27(30)32-12-33-28(22)35;13-10-7-11(15-3-14-10)17(4-16-7)12-9(21)8(20)5(22-12)1-23-2-6(18)19;4-3-1-2-5-3/h10-11,14-15,22,28-29,32,44-45H,5-9,12-13,16H2,1-4H3,(H2-2,33,34,35,36,41,42,43);8-9,12-13,20,25-26,29,39-40H,5-7,10-11,14H2,1-4H3,(H2-,30,31,32,33,38);3-5,8-9,12,20-21H,1-2H2,(H,18,19)(H2,13,14,15);1-2H2/p+3/t22-,28?,29+,32-,47?;20-,25?,26+,29-;5-,8?,9+,12-;/m111./s1. The number of imidazole rings is 3. The van der Waals surface area contributed by atoms with Gasteiger partial charge in [0.1, 0.15) is 96.4 Å². The summed E-state index contributed by atoms with van der Waals surface area (Å²) in [7, 11) is -0.734. The summed E-state index contributed by atoms with van der Waals surface area (Å²) in [5.41, 5.74) is 37.5. The summed E-state index contributed by atoms with van der Waals surface area (Å²) in [6.45, 7) is 20.5. The maximum atomic E-state index is 13.2. The number of aryl methyl sites for hydroxylation is 4. The minimum atomic E-state index is -1.30. The third-order valence-corrected chi connectivity index (χ3v) is 25.8. The number of nitrogens with zero attached hydrogens (tertiary/aromatic N) is 16. The fourth-order valence-electron chi connectivity index (χ4n) is 15.8. The highest BCUT2D eigenvalue weighted by atomic mass is 32.2. The van der Waals surface area contributed by atoms with Gasteiger partial charge in [0.2, 0.25) is 30.6 Å². The molecule has 8 aromatic rings. The summed E-state index contributed by atoms with van der Waals surface area (Å²) in [6.07, 6.45) is 4.20. The van der Waals surface area contributed by atoms with E-state index in [1.165, 1.54) is 138 Å². The number of rotatable bonds is 26. The molecule has 8 aromatic heterocycles. The molecule has 4 unspecified atom stereocenters. The fraction of sp³-hybridized carbons (Fsp3) is 0.500. The van der Waals surface area contributed by atoms with Crippen molar-refractivity contribution in [3.63, 3.8) is 0 Å². The molecular weight excluding hydrogens is 1580 g/mol. The summed E-state index contributed by atoms with van der Waals surface area (Å²) in [6, 6.07) is 4.47. The lowest BCUT2D eigenvalue weighted by atomic mass is 9.97. The lowest BCUT2D eigenvalue weighted by molar-refractivity contribution is -0.506. The number of hydrogen-bond acceptors (Lipinski definition) is 29. The molecule has 4 fully saturated rings. The van der Waals surface area contributed by atoms with E-state index in [1.807, 2.05) is 0 Å². The number of carboxylic acid groups (broad SMARTS) is 2. The van der Waals surface area contributed by atoms with Crippen molar-refractivity contribution < 1.29 is 92.9 Å². The summed E-state index contributed by atoms with van der Waals surface area (Å²) < 4.78 is 36.0. The van der Waals surface area contributed by atoms with Crippen LogP contribution in [0, 0.1) is 27.7 Å². The van der Waals surface area contributed by atoms with Gasteiger partial charge in [0, 0.05) is 95.2 Å². The van der Waals surface area contributed by atoms with Crippen LogP contribution in [0.3, 0.4) is 0 Å². The Balaban J connectivity index is 0.000000155. The molecule has 8 aliphatic rings. The van der Waals surface area contributed by atoms with Gasteiger partial charge in [-0.2, -0.15) is 9.15 Å². The molecule has 0 radical (unpaired) electrons. The van der Waals surface area contributed by atoms with E-state index >= 15 is 0 Å². The van der Waals surface area contributed by atoms with Crippen molar-refractivity contribution in [1.29, 1.82) is 0 Å². The fourth-order valence-corrected chi connectivity index (χ4v) is 19.7. The number of cyclic esters (lactones) is 1. The average Bonchev–Trinajstić information content (AvgIpc) is 1.60. The zero-order valence-corrected chi connectivity index (χ0v) is 68.2. The van der Waals surface area contributed by atoms with Crippen LogP contribution in [0.1, 0.15) is 119 Å². The first-order chi connectivity index (χ1) is 56.0. The molecule has 117 heavy (non-hydrogen) atoms. The highest BCUT2D eigenvalue weighted by Gasteiger charge is 2.49. The lowest BCUT2D eigenvalue weighted by Gasteiger charge is -2.22. The number of nitrogen functional groups attached to an aromatic ring is 3. The number of fused-ring (bicyclic) bond motifs is 7. The van der Waals surface area contributed by atoms with Gasteiger partial charge in [-0.1, -0.05) is 0 Å². The van der Waals surface area contributed by atoms with Crippen LogP contribution in [0.15, 0.2) is 84.8 Å². The summed E-state index contributed by atoms with van der Waals surface area (Å²) in [5.74, 6) is -0.379. The molecule has 38 nitrogen and oxygen atoms in total. The van der Waals surface area contributed by atoms with Crippen molar-refractivity contribution in [2.45, 2.75) is 181 Å². The second kappa shape index (κ2) is 36.4. The predicted octanol–water partition coefficient (Wildman–Crippen LogP) is 1.92. The Bertz CT molecular complexity index is 5330. The summed E-state index contributed by atoms with van der Waals surface area (Å²) >= 11 is 2.46. The van der Waals surface area contributed by atoms with Gasteiger partial charge in [0.15, 0.2) is 70.3 Å². The normalized spacial score (nSPS) is 23.9. The minimum absolute atomic E-state index is 0.0648. The van der Waals surface area contributed by atoms with Crippen LogP contribution < -0.4 is 27.8 Å². The van der Waals surface area contributed by atoms with Crippen molar-refractivity contribution in [3.05, 3.63) is 119 Å². The third kappa shape index (κ3) is 18.0. The van der Waals surface area contributed by atoms with E-state index in [2.05, 4.69) is 158 Å². The van der Waals surface area contributed by atoms with E-state index in [0.717, 1.165) is 50.8 Å². The molecule has 4 saturated heterocycles. The number of nitrogens with one attached hydrogen (secondary N) is 2. The molecule has 2 amide bonds. The topological polar surface area (TPSA) is 533 Å². The Hall–Kier alpha value is -10.0. The lowest BCUT2D eigenvalue weighted by Crippen LogP contribution is -2.40. The molecule has 16 heterocycles. The number of aliphatic hydroxyl groups excluding tert-OH is 6. The number of ether oxygens (including phenoxy) is 4. The van der Waals surface area contributed by atoms with Crippen molar-refractivity contribution >= 4 is 138 Å². The molecule has 0 bridgehead atoms. The van der Waals surface area contributed by atoms with E-state index in [9.17, 15) is 59.7 Å². The first kappa shape index (κ1) is 84.9. The molecule has 16 rings (SSSR count). The van der Waals surface area contributed by atoms with Gasteiger partial charge in [-0.15, -0.1) is 23.5 Å². The Morgan fingerprint density at radius 3 is 1.33 bits per heavy atom. The van der Waals surface area contributed by atoms with Crippen LogP contribution in [0.5, 0.6) is 0 Å². The van der Waals surface area contributed by atoms with E-state index in [4.69, 9.17) is 36.5 Å². The quantitative estimate of drug-likeness (QED) is 0.0159. The van der Waals surface area contributed by atoms with Crippen LogP contribution in [0.4, 0.5) is 17.5 Å². The van der Waals surface area contributed by atoms with Crippen LogP contribution >= 0.6 is 23.5 Å². The van der Waals surface area contributed by atoms with Crippen LogP contribution in [-0.4, -0.2) is 274 Å². The molecule has 0 aromatic carbocycles. The Labute approximate surface area is 682 Å². The Morgan fingerprint density at radius 2 is 0.940 bits per heavy atom. The molecule has 8 aliphatic heterocycles. The molecular formula is C76H98N21O17S3+3. The number of amides is 2. The number of carbonyl (C=O) groups is 5. The van der Waals surface area contributed by atoms with Gasteiger partial charge in [-0.3, -0.25) is 46.8 Å². The predicted molar refractivity (Wildman–Crippen MR) is 435 cm³/mol. The number of thioether (sulfide) groups is 2. The molecule has 16 N–H and O–H groups in total. The Kier molecular flexibility index (Phi) is 26.4. The number of esters is 1. The largest absolute Gasteiger partial charge is 0.481 e. The van der Waals surface area contributed by atoms with Crippen LogP contribution in [0.25, 0.3) is 44.6 Å². The first-order valence-electron chi connectivity index (χ1n) is 38.1. The number of nitrogens with two attached hydrogens (primary N) is 3. The Morgan fingerprint density at radius 1 is 0.547 bits per heavy atom. The minimum Gasteiger partial charge on any atom is -0.481 e. The SMILES string of the molecule is CC1=CC(C)=[N+]2Cn3c(C)cc(C)c3C(CCCNC(=O)CSC[C@H]3O[C@@H](n4cnc5c(N)ncnc54)[C@@H](O)C3O)=C12.CC1=CC(C)=[N+]2Cn3c(C)cc(C)c3C(CCCNC(=O)C[S+](CCC(=O)O)C[C@H]3O[C@@H](n4cnc5c(N)ncnc54)[C@@H](O)C3O)=C12.Nc1ncnc2c1ncn2[C@@H]1O[C@H](CSCC(=O)O)C(O)[C@@H]1O.O=C1CCO1. The molecule has 0 spiro atoms. The molecule has 0 saturated carbocycles. The number of hydrogen-bond donors (Lipinski definition) is 13. The van der Waals surface area contributed by atoms with Gasteiger partial charge in [0.05, 0.1) is 66.9 Å². The number of aliphatic hydroxyl groups is 6. The van der Waals surface area contributed by atoms with Gasteiger partial charge in [-0.05, 0) is 90.5 Å². The molecule has 13 atom stereocenters. The highest BCUT2D eigenvalue weighted by molar-refractivity contribution is 8.00. The van der Waals surface area contributed by atoms with Gasteiger partial charge in [-0.25, -0.2) is 44.9 Å². The van der Waals surface area contributed by atoms with Crippen molar-refractivity contribution in [3.8, 4) is 0 Å². The van der Waals surface area contributed by atoms with Gasteiger partial charge >= 0.3 is 17.9 Å². The highest BCUT2D eigenvalue weighted by Crippen LogP contribution is 2.42. The zero-order chi connectivity index (χ0) is 83.5. The number of anilines is 3. The number of aliphatic carboxylic acids is 2. The zero-order valence-electron chi connectivity index (χ0n) is 65.8. The molecule has 41 heteroatoms. The third-order valence-electron chi connectivity index (χ3n) is 21.5. The number of aromatic nitrogens is 14. The van der Waals surface area contributed by atoms with E-state index in [0.29, 0.717) is 65.4 Å². The number of carboxylic acids is 2. The van der Waals surface area contributed by atoms with Crippen molar-refractivity contribution in [2.75, 3.05) is 77.2 Å². The van der Waals surface area contributed by atoms with E-state index in [1.54, 1.807) is 4.57 Å². The summed E-state index contributed by atoms with van der Waals surface area (Å²) in [4.78, 5) is 94.1. The smallest absolute Gasteiger partial charge is 0.313 e. The van der Waals surface area contributed by atoms with Gasteiger partial charge in [0.25, 0.3) is 5.91 Å². The second-order valence-electron chi connectivity index (χ2n) is 29.7. The van der Waals surface area contributed by atoms with Crippen molar-refractivity contribution in [2.24, 2.45) is 0 Å². The average molecular weight is 1670 g/mol. The van der Waals surface area contributed by atoms with Crippen molar-refractivity contribution in [1.82, 2.24) is 78.3 Å². The molecule has 0 aliphatic carbocycles. The summed E-state index contributed by atoms with van der Waals surface area (Å²) in [5, 5.41) is 87.4. The number of carbonyl (C=O) groups excluding carboxylic acids is 3. The van der Waals surface area contributed by atoms with E-state index in [-0.39, 0.29) is 76.2 Å². The second-order valence-corrected chi connectivity index (χ2v) is 34.0. The van der Waals surface area contributed by atoms with E-state index < -0.39 is 96.5 Å². The first-order valence-corrected chi connectivity index (χ1v) is 42.2. The van der Waals surface area contributed by atoms with Crippen LogP contribution in [0.2, 0.25) is 0 Å².